The zero-order valence-electron chi connectivity index (χ0n) is 12.1. The van der Waals surface area contributed by atoms with Crippen LogP contribution in [0.25, 0.3) is 0 Å². The van der Waals surface area contributed by atoms with Gasteiger partial charge in [0.1, 0.15) is 5.75 Å². The number of rotatable bonds is 7. The van der Waals surface area contributed by atoms with Crippen molar-refractivity contribution in [3.05, 3.63) is 29.3 Å². The Hall–Kier alpha value is -2.04. The van der Waals surface area contributed by atoms with Gasteiger partial charge in [-0.1, -0.05) is 25.0 Å². The van der Waals surface area contributed by atoms with Gasteiger partial charge in [-0.05, 0) is 25.5 Å². The van der Waals surface area contributed by atoms with Gasteiger partial charge in [0, 0.05) is 6.04 Å². The number of hydrogen-bond donors (Lipinski definition) is 2. The van der Waals surface area contributed by atoms with E-state index in [1.807, 2.05) is 19.9 Å². The molecule has 1 amide bonds. The van der Waals surface area contributed by atoms with Gasteiger partial charge in [0.25, 0.3) is 5.91 Å². The number of nitrogens with one attached hydrogen (secondary N) is 1. The summed E-state index contributed by atoms with van der Waals surface area (Å²) in [6.45, 7) is 3.84. The maximum absolute atomic E-state index is 12.3. The lowest BCUT2D eigenvalue weighted by Gasteiger charge is -2.17. The molecule has 5 nitrogen and oxygen atoms in total. The lowest BCUT2D eigenvalue weighted by atomic mass is 10.1. The standard InChI is InChI=1S/C15H21NO4/c1-4-5-11(9-14(17)18)16-15(19)12-8-10(2)6-7-13(12)20-3/h6-8,11H,4-5,9H2,1-3H3,(H,16,19)(H,17,18). The van der Waals surface area contributed by atoms with Crippen molar-refractivity contribution in [2.75, 3.05) is 7.11 Å². The number of hydrogen-bond acceptors (Lipinski definition) is 3. The molecule has 1 rings (SSSR count). The zero-order valence-corrected chi connectivity index (χ0v) is 12.1. The molecule has 0 aromatic heterocycles. The van der Waals surface area contributed by atoms with Crippen LogP contribution in [0.5, 0.6) is 5.75 Å². The van der Waals surface area contributed by atoms with Crippen LogP contribution in [-0.2, 0) is 4.79 Å². The molecule has 0 aliphatic rings. The Labute approximate surface area is 118 Å². The fourth-order valence-corrected chi connectivity index (χ4v) is 2.05. The molecule has 0 saturated carbocycles. The molecule has 0 bridgehead atoms. The highest BCUT2D eigenvalue weighted by Gasteiger charge is 2.18. The molecule has 1 aromatic rings. The van der Waals surface area contributed by atoms with E-state index in [1.54, 1.807) is 12.1 Å². The van der Waals surface area contributed by atoms with E-state index in [9.17, 15) is 9.59 Å². The van der Waals surface area contributed by atoms with E-state index in [1.165, 1.54) is 7.11 Å². The van der Waals surface area contributed by atoms with Crippen LogP contribution in [0.2, 0.25) is 0 Å². The van der Waals surface area contributed by atoms with Crippen LogP contribution in [-0.4, -0.2) is 30.1 Å². The summed E-state index contributed by atoms with van der Waals surface area (Å²) in [6, 6.07) is 4.96. The van der Waals surface area contributed by atoms with Gasteiger partial charge in [-0.2, -0.15) is 0 Å². The van der Waals surface area contributed by atoms with Gasteiger partial charge in [0.2, 0.25) is 0 Å². The van der Waals surface area contributed by atoms with Crippen molar-refractivity contribution in [1.82, 2.24) is 5.32 Å². The summed E-state index contributed by atoms with van der Waals surface area (Å²) < 4.78 is 5.17. The van der Waals surface area contributed by atoms with Crippen molar-refractivity contribution in [3.8, 4) is 5.75 Å². The minimum atomic E-state index is -0.917. The average Bonchev–Trinajstić information content (AvgIpc) is 2.38. The lowest BCUT2D eigenvalue weighted by Crippen LogP contribution is -2.36. The highest BCUT2D eigenvalue weighted by Crippen LogP contribution is 2.20. The molecule has 20 heavy (non-hydrogen) atoms. The SMILES string of the molecule is CCCC(CC(=O)O)NC(=O)c1cc(C)ccc1OC. The minimum Gasteiger partial charge on any atom is -0.496 e. The van der Waals surface area contributed by atoms with Crippen molar-refractivity contribution in [2.45, 2.75) is 39.2 Å². The van der Waals surface area contributed by atoms with Crippen LogP contribution in [0.4, 0.5) is 0 Å². The second-order valence-corrected chi connectivity index (χ2v) is 4.76. The number of carbonyl (C=O) groups is 2. The molecule has 5 heteroatoms. The first kappa shape index (κ1) is 16.0. The van der Waals surface area contributed by atoms with Gasteiger partial charge in [0.15, 0.2) is 0 Å². The first-order valence-electron chi connectivity index (χ1n) is 6.65. The van der Waals surface area contributed by atoms with Crippen LogP contribution < -0.4 is 10.1 Å². The minimum absolute atomic E-state index is 0.0757. The number of benzene rings is 1. The van der Waals surface area contributed by atoms with E-state index in [-0.39, 0.29) is 18.4 Å². The summed E-state index contributed by atoms with van der Waals surface area (Å²) in [4.78, 5) is 23.1. The first-order chi connectivity index (χ1) is 9.47. The molecule has 0 aliphatic carbocycles. The number of carboxylic acid groups (broad SMARTS) is 1. The van der Waals surface area contributed by atoms with Crippen LogP contribution in [0.1, 0.15) is 42.1 Å². The van der Waals surface area contributed by atoms with Crippen molar-refractivity contribution in [1.29, 1.82) is 0 Å². The van der Waals surface area contributed by atoms with E-state index in [2.05, 4.69) is 5.32 Å². The smallest absolute Gasteiger partial charge is 0.305 e. The highest BCUT2D eigenvalue weighted by atomic mass is 16.5. The maximum Gasteiger partial charge on any atom is 0.305 e. The normalized spacial score (nSPS) is 11.8. The Bertz CT molecular complexity index is 485. The zero-order chi connectivity index (χ0) is 15.1. The topological polar surface area (TPSA) is 75.6 Å². The van der Waals surface area contributed by atoms with Crippen molar-refractivity contribution in [3.63, 3.8) is 0 Å². The van der Waals surface area contributed by atoms with E-state index in [4.69, 9.17) is 9.84 Å². The van der Waals surface area contributed by atoms with Crippen LogP contribution in [0, 0.1) is 6.92 Å². The van der Waals surface area contributed by atoms with E-state index < -0.39 is 5.97 Å². The Morgan fingerprint density at radius 2 is 2.10 bits per heavy atom. The number of carbonyl (C=O) groups excluding carboxylic acids is 1. The van der Waals surface area contributed by atoms with Crippen LogP contribution >= 0.6 is 0 Å². The van der Waals surface area contributed by atoms with Crippen molar-refractivity contribution >= 4 is 11.9 Å². The summed E-state index contributed by atoms with van der Waals surface area (Å²) >= 11 is 0. The molecule has 0 fully saturated rings. The molecule has 2 N–H and O–H groups in total. The second kappa shape index (κ2) is 7.53. The molecule has 1 aromatic carbocycles. The molecule has 0 aliphatic heterocycles. The number of ether oxygens (including phenoxy) is 1. The number of amides is 1. The predicted molar refractivity (Wildman–Crippen MR) is 76.1 cm³/mol. The number of aryl methyl sites for hydroxylation is 1. The Balaban J connectivity index is 2.87. The maximum atomic E-state index is 12.3. The largest absolute Gasteiger partial charge is 0.496 e. The molecule has 0 saturated heterocycles. The fraction of sp³-hybridized carbons (Fsp3) is 0.467. The molecule has 110 valence electrons. The molecule has 0 spiro atoms. The monoisotopic (exact) mass is 279 g/mol. The van der Waals surface area contributed by atoms with Gasteiger partial charge in [-0.15, -0.1) is 0 Å². The Kier molecular flexibility index (Phi) is 6.03. The van der Waals surface area contributed by atoms with Gasteiger partial charge < -0.3 is 15.2 Å². The summed E-state index contributed by atoms with van der Waals surface area (Å²) in [7, 11) is 1.50. The highest BCUT2D eigenvalue weighted by molar-refractivity contribution is 5.97. The van der Waals surface area contributed by atoms with E-state index >= 15 is 0 Å². The Morgan fingerprint density at radius 1 is 1.40 bits per heavy atom. The summed E-state index contributed by atoms with van der Waals surface area (Å²) in [5.74, 6) is -0.733. The van der Waals surface area contributed by atoms with Crippen LogP contribution in [0.3, 0.4) is 0 Å². The molecular formula is C15H21NO4. The second-order valence-electron chi connectivity index (χ2n) is 4.76. The number of aliphatic carboxylic acids is 1. The van der Waals surface area contributed by atoms with Gasteiger partial charge in [-0.3, -0.25) is 9.59 Å². The fourth-order valence-electron chi connectivity index (χ4n) is 2.05. The van der Waals surface area contributed by atoms with E-state index in [0.717, 1.165) is 12.0 Å². The summed E-state index contributed by atoms with van der Waals surface area (Å²) in [6.07, 6.45) is 1.36. The van der Waals surface area contributed by atoms with Crippen molar-refractivity contribution < 1.29 is 19.4 Å². The van der Waals surface area contributed by atoms with E-state index in [0.29, 0.717) is 17.7 Å². The van der Waals surface area contributed by atoms with Crippen molar-refractivity contribution in [2.24, 2.45) is 0 Å². The quantitative estimate of drug-likeness (QED) is 0.803. The van der Waals surface area contributed by atoms with Gasteiger partial charge in [-0.25, -0.2) is 0 Å². The molecule has 0 heterocycles. The molecule has 1 unspecified atom stereocenters. The third kappa shape index (κ3) is 4.57. The average molecular weight is 279 g/mol. The Morgan fingerprint density at radius 3 is 2.65 bits per heavy atom. The number of carboxylic acids is 1. The molecule has 1 atom stereocenters. The van der Waals surface area contributed by atoms with Gasteiger partial charge in [0.05, 0.1) is 19.1 Å². The van der Waals surface area contributed by atoms with Crippen LogP contribution in [0.15, 0.2) is 18.2 Å². The van der Waals surface area contributed by atoms with Gasteiger partial charge >= 0.3 is 5.97 Å². The first-order valence-corrected chi connectivity index (χ1v) is 6.65. The number of methoxy groups -OCH3 is 1. The molecule has 0 radical (unpaired) electrons. The predicted octanol–water partition coefficient (Wildman–Crippen LogP) is 2.38. The lowest BCUT2D eigenvalue weighted by molar-refractivity contribution is -0.137. The summed E-state index contributed by atoms with van der Waals surface area (Å²) in [5, 5.41) is 11.6. The third-order valence-corrected chi connectivity index (χ3v) is 2.99. The summed E-state index contributed by atoms with van der Waals surface area (Å²) in [5.41, 5.74) is 1.38. The third-order valence-electron chi connectivity index (χ3n) is 2.99. The molecular weight excluding hydrogens is 258 g/mol.